The highest BCUT2D eigenvalue weighted by atomic mass is 32.2. The summed E-state index contributed by atoms with van der Waals surface area (Å²) in [5.41, 5.74) is 2.21. The molecule has 41 heavy (non-hydrogen) atoms. The molecule has 7 nitrogen and oxygen atoms in total. The largest absolute Gasteiger partial charge is 0.468 e. The first-order valence-corrected chi connectivity index (χ1v) is 16.9. The third-order valence-electron chi connectivity index (χ3n) is 7.81. The van der Waals surface area contributed by atoms with Crippen molar-refractivity contribution in [3.63, 3.8) is 0 Å². The number of rotatable bonds is 13. The van der Waals surface area contributed by atoms with E-state index in [4.69, 9.17) is 9.47 Å². The Morgan fingerprint density at radius 1 is 1.05 bits per heavy atom. The minimum absolute atomic E-state index is 0.0441. The van der Waals surface area contributed by atoms with E-state index in [2.05, 4.69) is 54.3 Å². The first-order chi connectivity index (χ1) is 20.0. The molecule has 2 fully saturated rings. The zero-order valence-electron chi connectivity index (χ0n) is 23.2. The number of urea groups is 1. The third-order valence-corrected chi connectivity index (χ3v) is 10.4. The predicted molar refractivity (Wildman–Crippen MR) is 173 cm³/mol. The van der Waals surface area contributed by atoms with Crippen molar-refractivity contribution in [3.05, 3.63) is 54.1 Å². The smallest absolute Gasteiger partial charge is 0.322 e. The number of thiol groups is 1. The van der Waals surface area contributed by atoms with E-state index in [1.165, 1.54) is 12.7 Å². The summed E-state index contributed by atoms with van der Waals surface area (Å²) in [6, 6.07) is 16.8. The Morgan fingerprint density at radius 3 is 2.39 bits per heavy atom. The van der Waals surface area contributed by atoms with Gasteiger partial charge in [-0.15, -0.1) is 11.8 Å². The van der Waals surface area contributed by atoms with E-state index in [0.717, 1.165) is 64.4 Å². The second-order valence-electron chi connectivity index (χ2n) is 10.3. The number of nitrogens with zero attached hydrogens (tertiary/aromatic N) is 1. The zero-order valence-corrected chi connectivity index (χ0v) is 25.7. The van der Waals surface area contributed by atoms with Crippen molar-refractivity contribution >= 4 is 81.4 Å². The lowest BCUT2D eigenvalue weighted by atomic mass is 9.92. The van der Waals surface area contributed by atoms with E-state index < -0.39 is 0 Å². The molecule has 10 heteroatoms. The number of aryl methyl sites for hydroxylation is 1. The van der Waals surface area contributed by atoms with E-state index in [0.29, 0.717) is 29.8 Å². The summed E-state index contributed by atoms with van der Waals surface area (Å²) in [5.74, 6) is 2.15. The van der Waals surface area contributed by atoms with Crippen molar-refractivity contribution in [1.29, 1.82) is 0 Å². The lowest BCUT2D eigenvalue weighted by Gasteiger charge is -2.27. The first-order valence-electron chi connectivity index (χ1n) is 14.1. The normalized spacial score (nSPS) is 19.9. The Bertz CT molecular complexity index is 1360. The average Bonchev–Trinajstić information content (AvgIpc) is 3.53. The van der Waals surface area contributed by atoms with Gasteiger partial charge in [0, 0.05) is 33.9 Å². The molecule has 0 spiro atoms. The Balaban J connectivity index is 1.37. The number of anilines is 1. The summed E-state index contributed by atoms with van der Waals surface area (Å²) in [5, 5.41) is 8.05. The number of esters is 2. The van der Waals surface area contributed by atoms with Crippen LogP contribution in [0.5, 0.6) is 0 Å². The van der Waals surface area contributed by atoms with Crippen molar-refractivity contribution in [2.24, 2.45) is 0 Å². The lowest BCUT2D eigenvalue weighted by molar-refractivity contribution is -0.143. The summed E-state index contributed by atoms with van der Waals surface area (Å²) in [4.78, 5) is 39.1. The molecule has 0 aliphatic carbocycles. The summed E-state index contributed by atoms with van der Waals surface area (Å²) >= 11 is 7.57. The maximum atomic E-state index is 13.6. The Hall–Kier alpha value is -2.56. The van der Waals surface area contributed by atoms with E-state index in [-0.39, 0.29) is 30.1 Å². The standard InChI is InChI=1S/C31H36N2O5S3/c1-37-28(35)19-40-17-14-22-20-8-2-4-10-23(20)30(24-11-5-3-9-21(22)24)33-25-18-41-26(29(25)32-31(33)36)12-6-7-13-27(34)38-15-16-39/h2-5,8-11,25-26,29,39H,6-7,12-19H2,1H3,(H,32,36). The average molecular weight is 613 g/mol. The van der Waals surface area contributed by atoms with Crippen LogP contribution in [0, 0.1) is 0 Å². The highest BCUT2D eigenvalue weighted by Crippen LogP contribution is 2.45. The SMILES string of the molecule is COC(=O)CSCCc1c2ccccc2c(N2C(=O)NC3C(CCCCC(=O)OCCS)SCC32)c2ccccc12. The number of hydrogen-bond acceptors (Lipinski definition) is 8. The Labute approximate surface area is 254 Å². The second-order valence-corrected chi connectivity index (χ2v) is 13.1. The fourth-order valence-corrected chi connectivity index (χ4v) is 8.41. The highest BCUT2D eigenvalue weighted by Gasteiger charge is 2.49. The van der Waals surface area contributed by atoms with Crippen molar-refractivity contribution in [1.82, 2.24) is 5.32 Å². The van der Waals surface area contributed by atoms with Crippen LogP contribution < -0.4 is 10.2 Å². The monoisotopic (exact) mass is 612 g/mol. The molecule has 0 bridgehead atoms. The fraction of sp³-hybridized carbons (Fsp3) is 0.452. The number of benzene rings is 3. The number of ether oxygens (including phenoxy) is 2. The molecule has 2 aliphatic heterocycles. The van der Waals surface area contributed by atoms with Gasteiger partial charge in [0.05, 0.1) is 30.6 Å². The van der Waals surface area contributed by atoms with Crippen LogP contribution in [0.25, 0.3) is 21.5 Å². The Kier molecular flexibility index (Phi) is 10.3. The number of methoxy groups -OCH3 is 1. The molecule has 3 atom stereocenters. The minimum atomic E-state index is -0.214. The molecule has 3 aromatic rings. The molecule has 2 amide bonds. The number of thioether (sulfide) groups is 2. The van der Waals surface area contributed by atoms with Gasteiger partial charge in [-0.25, -0.2) is 4.79 Å². The van der Waals surface area contributed by atoms with Gasteiger partial charge in [0.25, 0.3) is 0 Å². The van der Waals surface area contributed by atoms with Crippen LogP contribution in [0.4, 0.5) is 10.5 Å². The minimum Gasteiger partial charge on any atom is -0.468 e. The Morgan fingerprint density at radius 2 is 1.73 bits per heavy atom. The highest BCUT2D eigenvalue weighted by molar-refractivity contribution is 8.00. The van der Waals surface area contributed by atoms with Gasteiger partial charge in [-0.1, -0.05) is 55.0 Å². The molecule has 2 aliphatic rings. The molecule has 0 aromatic heterocycles. The van der Waals surface area contributed by atoms with Crippen LogP contribution in [0.2, 0.25) is 0 Å². The van der Waals surface area contributed by atoms with E-state index in [1.54, 1.807) is 11.8 Å². The molecule has 0 saturated carbocycles. The molecular formula is C31H36N2O5S3. The molecule has 1 N–H and O–H groups in total. The molecule has 5 rings (SSSR count). The zero-order chi connectivity index (χ0) is 28.8. The number of carbonyl (C=O) groups excluding carboxylic acids is 3. The summed E-state index contributed by atoms with van der Waals surface area (Å²) in [7, 11) is 1.41. The number of carbonyl (C=O) groups is 3. The van der Waals surface area contributed by atoms with Crippen molar-refractivity contribution < 1.29 is 23.9 Å². The first kappa shape index (κ1) is 29.9. The van der Waals surface area contributed by atoms with Gasteiger partial charge in [0.1, 0.15) is 6.61 Å². The van der Waals surface area contributed by atoms with Crippen molar-refractivity contribution in [2.45, 2.75) is 49.4 Å². The summed E-state index contributed by atoms with van der Waals surface area (Å²) in [6.07, 6.45) is 3.88. The molecule has 3 aromatic carbocycles. The second kappa shape index (κ2) is 14.1. The summed E-state index contributed by atoms with van der Waals surface area (Å²) < 4.78 is 9.92. The van der Waals surface area contributed by atoms with Gasteiger partial charge in [-0.05, 0) is 41.4 Å². The van der Waals surface area contributed by atoms with Gasteiger partial charge >= 0.3 is 18.0 Å². The van der Waals surface area contributed by atoms with Crippen LogP contribution in [-0.2, 0) is 25.5 Å². The molecule has 2 saturated heterocycles. The van der Waals surface area contributed by atoms with Crippen LogP contribution in [0.3, 0.4) is 0 Å². The van der Waals surface area contributed by atoms with Gasteiger partial charge in [-0.2, -0.15) is 24.4 Å². The van der Waals surface area contributed by atoms with Crippen molar-refractivity contribution in [3.8, 4) is 0 Å². The quantitative estimate of drug-likeness (QED) is 0.0823. The summed E-state index contributed by atoms with van der Waals surface area (Å²) in [6.45, 7) is 0.352. The van der Waals surface area contributed by atoms with Gasteiger partial charge in [0.2, 0.25) is 0 Å². The number of fused-ring (bicyclic) bond motifs is 3. The van der Waals surface area contributed by atoms with Crippen LogP contribution in [0.15, 0.2) is 48.5 Å². The molecule has 3 unspecified atom stereocenters. The molecule has 218 valence electrons. The van der Waals surface area contributed by atoms with Crippen LogP contribution in [-0.4, -0.2) is 72.0 Å². The lowest BCUT2D eigenvalue weighted by Crippen LogP contribution is -2.38. The maximum Gasteiger partial charge on any atom is 0.322 e. The van der Waals surface area contributed by atoms with E-state index >= 15 is 0 Å². The number of hydrogen-bond donors (Lipinski definition) is 2. The van der Waals surface area contributed by atoms with Gasteiger partial charge in [0.15, 0.2) is 0 Å². The van der Waals surface area contributed by atoms with Crippen molar-refractivity contribution in [2.75, 3.05) is 41.6 Å². The maximum absolute atomic E-state index is 13.6. The van der Waals surface area contributed by atoms with E-state index in [1.807, 2.05) is 28.8 Å². The van der Waals surface area contributed by atoms with E-state index in [9.17, 15) is 14.4 Å². The molecule has 2 heterocycles. The van der Waals surface area contributed by atoms with Gasteiger partial charge in [-0.3, -0.25) is 14.5 Å². The van der Waals surface area contributed by atoms with Crippen LogP contribution >= 0.6 is 36.2 Å². The predicted octanol–water partition coefficient (Wildman–Crippen LogP) is 5.86. The third kappa shape index (κ3) is 6.60. The molecule has 0 radical (unpaired) electrons. The van der Waals surface area contributed by atoms with Gasteiger partial charge < -0.3 is 14.8 Å². The number of unbranched alkanes of at least 4 members (excludes halogenated alkanes) is 1. The topological polar surface area (TPSA) is 84.9 Å². The fourth-order valence-electron chi connectivity index (χ4n) is 5.95. The number of amides is 2. The number of nitrogens with one attached hydrogen (secondary N) is 1. The van der Waals surface area contributed by atoms with Crippen LogP contribution in [0.1, 0.15) is 31.2 Å². The molecular weight excluding hydrogens is 577 g/mol.